The van der Waals surface area contributed by atoms with E-state index in [4.69, 9.17) is 0 Å². The lowest BCUT2D eigenvalue weighted by atomic mass is 9.51. The number of benzene rings is 12. The number of hydrogen-bond acceptors (Lipinski definition) is 0. The molecule has 0 fully saturated rings. The van der Waals surface area contributed by atoms with Crippen LogP contribution in [-0.2, 0) is 16.2 Å². The van der Waals surface area contributed by atoms with Crippen molar-refractivity contribution in [1.82, 2.24) is 0 Å². The molecule has 0 aliphatic heterocycles. The monoisotopic (exact) mass is 992 g/mol. The summed E-state index contributed by atoms with van der Waals surface area (Å²) in [6.07, 6.45) is 0. The van der Waals surface area contributed by atoms with Gasteiger partial charge in [0.25, 0.3) is 0 Å². The van der Waals surface area contributed by atoms with Crippen LogP contribution in [0.3, 0.4) is 0 Å². The van der Waals surface area contributed by atoms with Crippen LogP contribution in [0.1, 0.15) is 92.1 Å². The third-order valence-corrected chi connectivity index (χ3v) is 18.0. The standard InChI is InChI=1S/C78H56/c1-76(2)72-49-56(43-46-63(72)64-48-45-58(51-73(64)76)75(55-41-39-53(40-42-55)52-23-7-3-8-24-52)66-33-16-15-31-61(66)54-25-9-4-10-26-54)57-44-47-65-62-32-17-18-34-67(62)78(74(65)50-57)70-37-21-19-35-68(70)77(59-27-11-5-12-28-59,60-29-13-6-14-30-60)69-36-20-22-38-71(69)78/h3-51,75H,1-2H3. The molecule has 368 valence electrons. The van der Waals surface area contributed by atoms with E-state index in [-0.39, 0.29) is 11.3 Å². The Bertz CT molecular complexity index is 4170. The quantitative estimate of drug-likeness (QED) is 0.133. The minimum absolute atomic E-state index is 0.00931. The van der Waals surface area contributed by atoms with Gasteiger partial charge >= 0.3 is 0 Å². The molecule has 0 heterocycles. The van der Waals surface area contributed by atoms with Gasteiger partial charge in [0.15, 0.2) is 0 Å². The first-order chi connectivity index (χ1) is 38.5. The van der Waals surface area contributed by atoms with Crippen LogP contribution in [0.2, 0.25) is 0 Å². The van der Waals surface area contributed by atoms with Gasteiger partial charge in [-0.2, -0.15) is 0 Å². The van der Waals surface area contributed by atoms with Crippen molar-refractivity contribution in [1.29, 1.82) is 0 Å². The van der Waals surface area contributed by atoms with Gasteiger partial charge in [0.05, 0.1) is 10.8 Å². The van der Waals surface area contributed by atoms with Gasteiger partial charge in [-0.05, 0) is 140 Å². The zero-order chi connectivity index (χ0) is 52.0. The number of fused-ring (bicyclic) bond motifs is 12. The van der Waals surface area contributed by atoms with Crippen molar-refractivity contribution >= 4 is 0 Å². The second kappa shape index (κ2) is 17.9. The molecule has 12 aromatic carbocycles. The first kappa shape index (κ1) is 46.0. The topological polar surface area (TPSA) is 0 Å². The van der Waals surface area contributed by atoms with Crippen molar-refractivity contribution in [2.75, 3.05) is 0 Å². The Balaban J connectivity index is 0.873. The first-order valence-corrected chi connectivity index (χ1v) is 27.6. The second-order valence-corrected chi connectivity index (χ2v) is 22.2. The summed E-state index contributed by atoms with van der Waals surface area (Å²) in [4.78, 5) is 0. The molecule has 12 aromatic rings. The Kier molecular flexibility index (Phi) is 10.5. The molecule has 1 unspecified atom stereocenters. The Morgan fingerprint density at radius 1 is 0.231 bits per heavy atom. The van der Waals surface area contributed by atoms with Gasteiger partial charge in [0.1, 0.15) is 0 Å². The molecule has 1 atom stereocenters. The van der Waals surface area contributed by atoms with E-state index < -0.39 is 10.8 Å². The van der Waals surface area contributed by atoms with Crippen molar-refractivity contribution in [3.8, 4) is 55.6 Å². The van der Waals surface area contributed by atoms with E-state index in [1.807, 2.05) is 0 Å². The van der Waals surface area contributed by atoms with Crippen LogP contribution in [0, 0.1) is 0 Å². The van der Waals surface area contributed by atoms with Crippen LogP contribution < -0.4 is 0 Å². The minimum Gasteiger partial charge on any atom is -0.0622 e. The van der Waals surface area contributed by atoms with E-state index in [1.54, 1.807) is 0 Å². The lowest BCUT2D eigenvalue weighted by molar-refractivity contribution is 0.624. The molecule has 0 radical (unpaired) electrons. The fourth-order valence-corrected chi connectivity index (χ4v) is 14.6. The van der Waals surface area contributed by atoms with Crippen LogP contribution in [0.5, 0.6) is 0 Å². The molecule has 0 saturated heterocycles. The summed E-state index contributed by atoms with van der Waals surface area (Å²) in [6, 6.07) is 112. The summed E-state index contributed by atoms with van der Waals surface area (Å²) < 4.78 is 0. The molecule has 0 saturated carbocycles. The molecule has 15 rings (SSSR count). The van der Waals surface area contributed by atoms with Crippen molar-refractivity contribution in [3.05, 3.63) is 370 Å². The smallest absolute Gasteiger partial charge is 0.0622 e. The summed E-state index contributed by atoms with van der Waals surface area (Å²) in [6.45, 7) is 4.87. The van der Waals surface area contributed by atoms with Crippen LogP contribution in [-0.4, -0.2) is 0 Å². The lowest BCUT2D eigenvalue weighted by Crippen LogP contribution is -2.44. The maximum atomic E-state index is 2.55. The van der Waals surface area contributed by atoms with Gasteiger partial charge in [-0.15, -0.1) is 0 Å². The first-order valence-electron chi connectivity index (χ1n) is 27.6. The summed E-state index contributed by atoms with van der Waals surface area (Å²) in [7, 11) is 0. The Labute approximate surface area is 458 Å². The highest BCUT2D eigenvalue weighted by molar-refractivity contribution is 5.92. The predicted octanol–water partition coefficient (Wildman–Crippen LogP) is 19.2. The van der Waals surface area contributed by atoms with E-state index in [0.717, 1.165) is 0 Å². The summed E-state index contributed by atoms with van der Waals surface area (Å²) in [5, 5.41) is 0. The highest BCUT2D eigenvalue weighted by Gasteiger charge is 2.56. The van der Waals surface area contributed by atoms with E-state index in [2.05, 4.69) is 311 Å². The fourth-order valence-electron chi connectivity index (χ4n) is 14.6. The van der Waals surface area contributed by atoms with E-state index >= 15 is 0 Å². The molecule has 3 aliphatic carbocycles. The van der Waals surface area contributed by atoms with Crippen LogP contribution >= 0.6 is 0 Å². The molecular formula is C78H56. The van der Waals surface area contributed by atoms with E-state index in [9.17, 15) is 0 Å². The zero-order valence-corrected chi connectivity index (χ0v) is 43.9. The Hall–Kier alpha value is -9.36. The molecule has 0 amide bonds. The fraction of sp³-hybridized carbons (Fsp3) is 0.0769. The van der Waals surface area contributed by atoms with Gasteiger partial charge in [0, 0.05) is 11.3 Å². The molecule has 0 N–H and O–H groups in total. The maximum absolute atomic E-state index is 2.55. The highest BCUT2D eigenvalue weighted by atomic mass is 14.6. The van der Waals surface area contributed by atoms with E-state index in [0.29, 0.717) is 0 Å². The molecule has 3 aliphatic rings. The average Bonchev–Trinajstić information content (AvgIpc) is 4.01. The Morgan fingerprint density at radius 3 is 1.18 bits per heavy atom. The van der Waals surface area contributed by atoms with Crippen LogP contribution in [0.4, 0.5) is 0 Å². The molecule has 0 bridgehead atoms. The summed E-state index contributed by atoms with van der Waals surface area (Å²) in [5.74, 6) is 0.00931. The normalized spacial score (nSPS) is 14.8. The van der Waals surface area contributed by atoms with Crippen molar-refractivity contribution in [3.63, 3.8) is 0 Å². The molecule has 1 spiro atoms. The van der Waals surface area contributed by atoms with Crippen molar-refractivity contribution in [2.45, 2.75) is 36.0 Å². The number of hydrogen-bond donors (Lipinski definition) is 0. The Morgan fingerprint density at radius 2 is 0.603 bits per heavy atom. The lowest BCUT2D eigenvalue weighted by Gasteiger charge is -2.50. The molecule has 0 heteroatoms. The average molecular weight is 993 g/mol. The third-order valence-electron chi connectivity index (χ3n) is 18.0. The molecule has 78 heavy (non-hydrogen) atoms. The minimum atomic E-state index is -0.567. The number of rotatable bonds is 8. The predicted molar refractivity (Wildman–Crippen MR) is 323 cm³/mol. The maximum Gasteiger partial charge on any atom is 0.0720 e. The van der Waals surface area contributed by atoms with Crippen LogP contribution in [0.25, 0.3) is 55.6 Å². The largest absolute Gasteiger partial charge is 0.0720 e. The third kappa shape index (κ3) is 6.66. The SMILES string of the molecule is CC1(C)c2cc(-c3ccc4c(c3)C3(c5ccccc5-4)c4ccccc4C(c4ccccc4)(c4ccccc4)c4ccccc43)ccc2-c2ccc(C(c3ccc(-c4ccccc4)cc3)c3ccccc3-c3ccccc3)cc21. The van der Waals surface area contributed by atoms with Gasteiger partial charge < -0.3 is 0 Å². The van der Waals surface area contributed by atoms with Crippen molar-refractivity contribution < 1.29 is 0 Å². The zero-order valence-electron chi connectivity index (χ0n) is 43.9. The summed E-state index contributed by atoms with van der Waals surface area (Å²) >= 11 is 0. The van der Waals surface area contributed by atoms with Gasteiger partial charge in [-0.3, -0.25) is 0 Å². The van der Waals surface area contributed by atoms with Gasteiger partial charge in [-0.25, -0.2) is 0 Å². The molecule has 0 nitrogen and oxygen atoms in total. The van der Waals surface area contributed by atoms with Crippen LogP contribution in [0.15, 0.2) is 297 Å². The van der Waals surface area contributed by atoms with Gasteiger partial charge in [0.2, 0.25) is 0 Å². The second-order valence-electron chi connectivity index (χ2n) is 22.2. The molecular weight excluding hydrogens is 937 g/mol. The van der Waals surface area contributed by atoms with Crippen molar-refractivity contribution in [2.24, 2.45) is 0 Å². The molecule has 0 aromatic heterocycles. The summed E-state index contributed by atoms with van der Waals surface area (Å²) in [5.41, 5.74) is 28.4. The highest BCUT2D eigenvalue weighted by Crippen LogP contribution is 2.65. The van der Waals surface area contributed by atoms with Gasteiger partial charge in [-0.1, -0.05) is 299 Å². The van der Waals surface area contributed by atoms with E-state index in [1.165, 1.54) is 128 Å².